The van der Waals surface area contributed by atoms with E-state index < -0.39 is 19.8 Å². The second-order valence-corrected chi connectivity index (χ2v) is 6.44. The summed E-state index contributed by atoms with van der Waals surface area (Å²) in [5.41, 5.74) is -1.59. The Morgan fingerprint density at radius 2 is 1.32 bits per heavy atom. The summed E-state index contributed by atoms with van der Waals surface area (Å²) in [4.78, 5) is 0. The van der Waals surface area contributed by atoms with E-state index in [1.54, 1.807) is 27.7 Å². The van der Waals surface area contributed by atoms with Crippen molar-refractivity contribution in [2.24, 2.45) is 5.92 Å². The van der Waals surface area contributed by atoms with Crippen molar-refractivity contribution < 1.29 is 32.5 Å². The maximum Gasteiger partial charge on any atom is 0.403 e. The Balaban J connectivity index is 4.56. The molecule has 5 nitrogen and oxygen atoms in total. The first kappa shape index (κ1) is 21.2. The minimum absolute atomic E-state index is 0.124. The van der Waals surface area contributed by atoms with Crippen LogP contribution in [0.3, 0.4) is 0 Å². The van der Waals surface area contributed by atoms with Crippen LogP contribution in [0.5, 0.6) is 0 Å². The normalized spacial score (nSPS) is 12.5. The van der Waals surface area contributed by atoms with E-state index in [2.05, 4.69) is 21.3 Å². The first-order valence-electron chi connectivity index (χ1n) is 6.43. The zero-order valence-electron chi connectivity index (χ0n) is 13.1. The molecule has 0 amide bonds. The predicted octanol–water partition coefficient (Wildman–Crippen LogP) is 3.51. The average molecular weight is 338 g/mol. The lowest BCUT2D eigenvalue weighted by atomic mass is 10.1. The molecule has 0 spiro atoms. The Labute approximate surface area is 131 Å². The molecular weight excluding hydrogens is 317 g/mol. The molecule has 0 radical (unpaired) electrons. The van der Waals surface area contributed by atoms with Crippen molar-refractivity contribution in [3.63, 3.8) is 0 Å². The van der Waals surface area contributed by atoms with Gasteiger partial charge >= 0.3 is 8.60 Å². The van der Waals surface area contributed by atoms with Crippen molar-refractivity contribution in [1.82, 2.24) is 0 Å². The highest BCUT2D eigenvalue weighted by Gasteiger charge is 2.24. The lowest BCUT2D eigenvalue weighted by Gasteiger charge is -2.26. The van der Waals surface area contributed by atoms with Gasteiger partial charge in [0.2, 0.25) is 0 Å². The molecule has 0 aromatic carbocycles. The maximum atomic E-state index is 11.9. The summed E-state index contributed by atoms with van der Waals surface area (Å²) >= 11 is 0. The Kier molecular flexibility index (Phi) is 9.71. The molecule has 0 unspecified atom stereocenters. The van der Waals surface area contributed by atoms with Gasteiger partial charge in [-0.3, -0.25) is 0 Å². The summed E-state index contributed by atoms with van der Waals surface area (Å²) in [6, 6.07) is 0. The number of hydrogen-bond acceptors (Lipinski definition) is 5. The van der Waals surface area contributed by atoms with Crippen LogP contribution >= 0.6 is 8.60 Å². The van der Waals surface area contributed by atoms with Gasteiger partial charge in [0.05, 0.1) is 19.8 Å². The van der Waals surface area contributed by atoms with Crippen molar-refractivity contribution in [3.8, 4) is 24.7 Å². The fraction of sp³-hybridized carbons (Fsp3) is 0.714. The van der Waals surface area contributed by atoms with E-state index in [4.69, 9.17) is 26.8 Å². The van der Waals surface area contributed by atoms with Gasteiger partial charge in [0.25, 0.3) is 0 Å². The van der Waals surface area contributed by atoms with Crippen LogP contribution in [0.4, 0.5) is 9.05 Å². The zero-order valence-corrected chi connectivity index (χ0v) is 14.0. The number of halogens is 2. The molecule has 22 heavy (non-hydrogen) atoms. The molecule has 0 aliphatic heterocycles. The van der Waals surface area contributed by atoms with Crippen molar-refractivity contribution in [2.45, 2.75) is 38.9 Å². The Morgan fingerprint density at radius 3 is 1.64 bits per heavy atom. The van der Waals surface area contributed by atoms with E-state index in [1.165, 1.54) is 0 Å². The monoisotopic (exact) mass is 338 g/mol. The van der Waals surface area contributed by atoms with Crippen molar-refractivity contribution >= 4 is 8.60 Å². The van der Waals surface area contributed by atoms with Crippen molar-refractivity contribution in [1.29, 1.82) is 0 Å². The van der Waals surface area contributed by atoms with E-state index >= 15 is 0 Å². The van der Waals surface area contributed by atoms with Gasteiger partial charge in [0.15, 0.2) is 0 Å². The lowest BCUT2D eigenvalue weighted by Crippen LogP contribution is -2.32. The quantitative estimate of drug-likeness (QED) is 0.426. The standard InChI is InChI=1S/C14H21F2O5P/c1-7-13(3,4)17-9-12(10-18-14(5,6)8-2)11-19-22(20-15)21-16/h1-2,12H,9-11H2,3-6H3. The second-order valence-electron chi connectivity index (χ2n) is 5.45. The third kappa shape index (κ3) is 9.27. The van der Waals surface area contributed by atoms with Gasteiger partial charge < -0.3 is 14.0 Å². The van der Waals surface area contributed by atoms with E-state index in [9.17, 15) is 9.05 Å². The summed E-state index contributed by atoms with van der Waals surface area (Å²) in [6.45, 7) is 6.98. The minimum atomic E-state index is -2.70. The van der Waals surface area contributed by atoms with Gasteiger partial charge in [-0.15, -0.1) is 22.3 Å². The molecule has 0 aromatic heterocycles. The third-order valence-corrected chi connectivity index (χ3v) is 3.17. The largest absolute Gasteiger partial charge is 0.403 e. The fourth-order valence-corrected chi connectivity index (χ4v) is 1.53. The number of hydrogen-bond donors (Lipinski definition) is 0. The number of ether oxygens (including phenoxy) is 2. The molecule has 126 valence electrons. The molecule has 0 bridgehead atoms. The van der Waals surface area contributed by atoms with Gasteiger partial charge in [-0.25, -0.2) is 0 Å². The highest BCUT2D eigenvalue weighted by Crippen LogP contribution is 2.40. The van der Waals surface area contributed by atoms with Gasteiger partial charge in [0, 0.05) is 5.92 Å². The highest BCUT2D eigenvalue weighted by atomic mass is 31.2. The first-order valence-corrected chi connectivity index (χ1v) is 7.53. The van der Waals surface area contributed by atoms with E-state index in [1.807, 2.05) is 0 Å². The molecule has 0 aromatic rings. The molecule has 0 rings (SSSR count). The van der Waals surface area contributed by atoms with E-state index in [0.717, 1.165) is 0 Å². The molecule has 0 aliphatic rings. The molecule has 0 heterocycles. The summed E-state index contributed by atoms with van der Waals surface area (Å²) in [7, 11) is -2.70. The molecule has 0 fully saturated rings. The van der Waals surface area contributed by atoms with Gasteiger partial charge in [-0.05, 0) is 36.7 Å². The smallest absolute Gasteiger partial charge is 0.362 e. The van der Waals surface area contributed by atoms with Crippen LogP contribution in [-0.4, -0.2) is 31.0 Å². The Morgan fingerprint density at radius 1 is 0.909 bits per heavy atom. The van der Waals surface area contributed by atoms with Crippen LogP contribution in [0.2, 0.25) is 0 Å². The van der Waals surface area contributed by atoms with E-state index in [-0.39, 0.29) is 25.7 Å². The first-order chi connectivity index (χ1) is 10.2. The molecule has 0 saturated carbocycles. The highest BCUT2D eigenvalue weighted by molar-refractivity contribution is 7.41. The molecule has 0 aliphatic carbocycles. The van der Waals surface area contributed by atoms with Gasteiger partial charge in [-0.1, -0.05) is 11.8 Å². The third-order valence-electron chi connectivity index (χ3n) is 2.58. The molecule has 0 atom stereocenters. The van der Waals surface area contributed by atoms with Gasteiger partial charge in [0.1, 0.15) is 11.2 Å². The van der Waals surface area contributed by atoms with Crippen LogP contribution in [0.1, 0.15) is 27.7 Å². The second kappa shape index (κ2) is 10.1. The Hall–Kier alpha value is -0.790. The number of terminal acetylenes is 2. The van der Waals surface area contributed by atoms with E-state index in [0.29, 0.717) is 0 Å². The maximum absolute atomic E-state index is 11.9. The summed E-state index contributed by atoms with van der Waals surface area (Å²) < 4.78 is 46.0. The average Bonchev–Trinajstić information content (AvgIpc) is 2.50. The van der Waals surface area contributed by atoms with Crippen molar-refractivity contribution in [2.75, 3.05) is 19.8 Å². The summed E-state index contributed by atoms with van der Waals surface area (Å²) in [5, 5.41) is 0. The van der Waals surface area contributed by atoms with Crippen LogP contribution in [-0.2, 0) is 23.5 Å². The van der Waals surface area contributed by atoms with Crippen molar-refractivity contribution in [3.05, 3.63) is 0 Å². The summed E-state index contributed by atoms with van der Waals surface area (Å²) in [6.07, 6.45) is 10.6. The molecule has 8 heteroatoms. The Bertz CT molecular complexity index is 369. The van der Waals surface area contributed by atoms with Gasteiger partial charge in [-0.2, -0.15) is 0 Å². The van der Waals surface area contributed by atoms with Crippen LogP contribution in [0.25, 0.3) is 0 Å². The molecule has 0 N–H and O–H groups in total. The topological polar surface area (TPSA) is 46.2 Å². The fourth-order valence-electron chi connectivity index (χ4n) is 1.10. The molecular formula is C14H21F2O5P. The number of rotatable bonds is 11. The van der Waals surface area contributed by atoms with Crippen LogP contribution < -0.4 is 0 Å². The SMILES string of the molecule is C#CC(C)(C)OCC(COP(OF)OF)COC(C)(C)C#C. The zero-order chi connectivity index (χ0) is 17.2. The summed E-state index contributed by atoms with van der Waals surface area (Å²) in [5.74, 6) is 4.55. The lowest BCUT2D eigenvalue weighted by molar-refractivity contribution is -0.104. The minimum Gasteiger partial charge on any atom is -0.362 e. The van der Waals surface area contributed by atoms with Crippen LogP contribution in [0.15, 0.2) is 0 Å². The molecule has 0 saturated heterocycles. The van der Waals surface area contributed by atoms with Crippen LogP contribution in [0, 0.1) is 30.6 Å². The predicted molar refractivity (Wildman–Crippen MR) is 78.5 cm³/mol.